The standard InChI is InChI=1S/C13H19N3O2/c1-4-16(5-2)13(18)15-11-8-10(12(14)17)7-6-9(11)3/h6-8H,4-5H2,1-3H3,(H2,14,17)(H,15,18). The second kappa shape index (κ2) is 6.05. The van der Waals surface area contributed by atoms with Crippen LogP contribution >= 0.6 is 0 Å². The average molecular weight is 249 g/mol. The minimum absolute atomic E-state index is 0.176. The summed E-state index contributed by atoms with van der Waals surface area (Å²) in [6.07, 6.45) is 0. The predicted molar refractivity (Wildman–Crippen MR) is 71.6 cm³/mol. The molecule has 18 heavy (non-hydrogen) atoms. The van der Waals surface area contributed by atoms with Crippen molar-refractivity contribution >= 4 is 17.6 Å². The summed E-state index contributed by atoms with van der Waals surface area (Å²) in [5.41, 5.74) is 7.10. The summed E-state index contributed by atoms with van der Waals surface area (Å²) < 4.78 is 0. The highest BCUT2D eigenvalue weighted by Gasteiger charge is 2.12. The van der Waals surface area contributed by atoms with Crippen molar-refractivity contribution in [3.63, 3.8) is 0 Å². The SMILES string of the molecule is CCN(CC)C(=O)Nc1cc(C(N)=O)ccc1C. The number of hydrogen-bond acceptors (Lipinski definition) is 2. The smallest absolute Gasteiger partial charge is 0.321 e. The second-order valence-electron chi connectivity index (χ2n) is 4.00. The molecule has 98 valence electrons. The monoisotopic (exact) mass is 249 g/mol. The van der Waals surface area contributed by atoms with Crippen molar-refractivity contribution in [2.75, 3.05) is 18.4 Å². The Morgan fingerprint density at radius 1 is 1.28 bits per heavy atom. The van der Waals surface area contributed by atoms with Crippen molar-refractivity contribution in [3.05, 3.63) is 29.3 Å². The molecule has 3 N–H and O–H groups in total. The molecule has 0 fully saturated rings. The van der Waals surface area contributed by atoms with E-state index in [9.17, 15) is 9.59 Å². The van der Waals surface area contributed by atoms with E-state index in [1.807, 2.05) is 20.8 Å². The van der Waals surface area contributed by atoms with Crippen LogP contribution in [-0.2, 0) is 0 Å². The van der Waals surface area contributed by atoms with Gasteiger partial charge in [0.15, 0.2) is 0 Å². The van der Waals surface area contributed by atoms with E-state index in [0.717, 1.165) is 5.56 Å². The summed E-state index contributed by atoms with van der Waals surface area (Å²) in [7, 11) is 0. The van der Waals surface area contributed by atoms with E-state index >= 15 is 0 Å². The molecule has 1 aromatic rings. The fourth-order valence-electron chi connectivity index (χ4n) is 1.62. The Hall–Kier alpha value is -2.04. The Morgan fingerprint density at radius 3 is 2.39 bits per heavy atom. The number of primary amides is 1. The molecule has 0 spiro atoms. The van der Waals surface area contributed by atoms with Crippen LogP contribution in [0.1, 0.15) is 29.8 Å². The number of aryl methyl sites for hydroxylation is 1. The van der Waals surface area contributed by atoms with Crippen LogP contribution < -0.4 is 11.1 Å². The summed E-state index contributed by atoms with van der Waals surface area (Å²) in [6.45, 7) is 6.96. The number of rotatable bonds is 4. The number of nitrogens with one attached hydrogen (secondary N) is 1. The van der Waals surface area contributed by atoms with Crippen LogP contribution in [0.3, 0.4) is 0 Å². The number of urea groups is 1. The van der Waals surface area contributed by atoms with E-state index in [1.165, 1.54) is 0 Å². The quantitative estimate of drug-likeness (QED) is 0.856. The zero-order chi connectivity index (χ0) is 13.7. The predicted octanol–water partition coefficient (Wildman–Crippen LogP) is 1.97. The number of hydrogen-bond donors (Lipinski definition) is 2. The molecule has 0 heterocycles. The third-order valence-corrected chi connectivity index (χ3v) is 2.81. The summed E-state index contributed by atoms with van der Waals surface area (Å²) in [5, 5.41) is 2.79. The number of nitrogens with two attached hydrogens (primary N) is 1. The molecule has 0 aromatic heterocycles. The van der Waals surface area contributed by atoms with Crippen molar-refractivity contribution < 1.29 is 9.59 Å². The van der Waals surface area contributed by atoms with Crippen LogP contribution in [0.25, 0.3) is 0 Å². The van der Waals surface area contributed by atoms with Gasteiger partial charge in [-0.15, -0.1) is 0 Å². The molecule has 1 rings (SSSR count). The van der Waals surface area contributed by atoms with Gasteiger partial charge in [-0.05, 0) is 38.5 Å². The highest BCUT2D eigenvalue weighted by molar-refractivity contribution is 5.96. The number of nitrogens with zero attached hydrogens (tertiary/aromatic N) is 1. The summed E-state index contributed by atoms with van der Waals surface area (Å²) in [4.78, 5) is 24.7. The van der Waals surface area contributed by atoms with E-state index in [2.05, 4.69) is 5.32 Å². The number of amides is 3. The maximum atomic E-state index is 11.9. The number of carbonyl (C=O) groups excluding carboxylic acids is 2. The lowest BCUT2D eigenvalue weighted by atomic mass is 10.1. The minimum atomic E-state index is -0.506. The van der Waals surface area contributed by atoms with Crippen LogP contribution in [0.15, 0.2) is 18.2 Å². The molecule has 5 heteroatoms. The first-order chi connectivity index (χ1) is 8.49. The van der Waals surface area contributed by atoms with Gasteiger partial charge in [0.05, 0.1) is 0 Å². The molecular formula is C13H19N3O2. The summed E-state index contributed by atoms with van der Waals surface area (Å²) in [5.74, 6) is -0.506. The van der Waals surface area contributed by atoms with Crippen LogP contribution in [-0.4, -0.2) is 29.9 Å². The molecule has 0 unspecified atom stereocenters. The molecule has 0 aliphatic carbocycles. The Bertz CT molecular complexity index is 454. The van der Waals surface area contributed by atoms with Gasteiger partial charge in [-0.25, -0.2) is 4.79 Å². The van der Waals surface area contributed by atoms with E-state index in [0.29, 0.717) is 24.3 Å². The van der Waals surface area contributed by atoms with Crippen molar-refractivity contribution in [2.45, 2.75) is 20.8 Å². The summed E-state index contributed by atoms with van der Waals surface area (Å²) >= 11 is 0. The summed E-state index contributed by atoms with van der Waals surface area (Å²) in [6, 6.07) is 4.83. The normalized spacial score (nSPS) is 9.94. The molecule has 1 aromatic carbocycles. The Kier molecular flexibility index (Phi) is 4.71. The highest BCUT2D eigenvalue weighted by atomic mass is 16.2. The molecule has 0 aliphatic heterocycles. The zero-order valence-corrected chi connectivity index (χ0v) is 11.0. The minimum Gasteiger partial charge on any atom is -0.366 e. The van der Waals surface area contributed by atoms with Gasteiger partial charge in [0.2, 0.25) is 5.91 Å². The lowest BCUT2D eigenvalue weighted by molar-refractivity contribution is 0.1000. The van der Waals surface area contributed by atoms with E-state index in [1.54, 1.807) is 23.1 Å². The average Bonchev–Trinajstić information content (AvgIpc) is 2.33. The Morgan fingerprint density at radius 2 is 1.89 bits per heavy atom. The molecule has 0 saturated carbocycles. The van der Waals surface area contributed by atoms with Crippen molar-refractivity contribution in [3.8, 4) is 0 Å². The van der Waals surface area contributed by atoms with E-state index in [4.69, 9.17) is 5.73 Å². The van der Waals surface area contributed by atoms with Crippen molar-refractivity contribution in [1.29, 1.82) is 0 Å². The van der Waals surface area contributed by atoms with Gasteiger partial charge < -0.3 is 16.0 Å². The lowest BCUT2D eigenvalue weighted by Crippen LogP contribution is -2.34. The first-order valence-electron chi connectivity index (χ1n) is 5.96. The molecule has 0 radical (unpaired) electrons. The number of benzene rings is 1. The van der Waals surface area contributed by atoms with Crippen molar-refractivity contribution in [2.24, 2.45) is 5.73 Å². The maximum absolute atomic E-state index is 11.9. The van der Waals surface area contributed by atoms with Crippen LogP contribution in [0.4, 0.5) is 10.5 Å². The van der Waals surface area contributed by atoms with Gasteiger partial charge in [-0.3, -0.25) is 4.79 Å². The third-order valence-electron chi connectivity index (χ3n) is 2.81. The molecule has 0 atom stereocenters. The zero-order valence-electron chi connectivity index (χ0n) is 11.0. The largest absolute Gasteiger partial charge is 0.366 e. The number of carbonyl (C=O) groups is 2. The van der Waals surface area contributed by atoms with Gasteiger partial charge in [-0.2, -0.15) is 0 Å². The fourth-order valence-corrected chi connectivity index (χ4v) is 1.62. The molecule has 0 bridgehead atoms. The first kappa shape index (κ1) is 14.0. The molecule has 0 saturated heterocycles. The van der Waals surface area contributed by atoms with E-state index < -0.39 is 5.91 Å². The van der Waals surface area contributed by atoms with Crippen LogP contribution in [0.2, 0.25) is 0 Å². The first-order valence-corrected chi connectivity index (χ1v) is 5.96. The van der Waals surface area contributed by atoms with Crippen molar-refractivity contribution in [1.82, 2.24) is 4.90 Å². The van der Waals surface area contributed by atoms with Gasteiger partial charge in [0.25, 0.3) is 0 Å². The maximum Gasteiger partial charge on any atom is 0.321 e. The van der Waals surface area contributed by atoms with Crippen LogP contribution in [0.5, 0.6) is 0 Å². The Labute approximate surface area is 107 Å². The van der Waals surface area contributed by atoms with Gasteiger partial charge in [0, 0.05) is 24.3 Å². The lowest BCUT2D eigenvalue weighted by Gasteiger charge is -2.20. The van der Waals surface area contributed by atoms with Crippen LogP contribution in [0, 0.1) is 6.92 Å². The van der Waals surface area contributed by atoms with Gasteiger partial charge in [0.1, 0.15) is 0 Å². The van der Waals surface area contributed by atoms with E-state index in [-0.39, 0.29) is 6.03 Å². The van der Waals surface area contributed by atoms with Gasteiger partial charge in [-0.1, -0.05) is 6.07 Å². The highest BCUT2D eigenvalue weighted by Crippen LogP contribution is 2.17. The third kappa shape index (κ3) is 3.23. The van der Waals surface area contributed by atoms with Gasteiger partial charge >= 0.3 is 6.03 Å². The Balaban J connectivity index is 2.93. The fraction of sp³-hybridized carbons (Fsp3) is 0.385. The topological polar surface area (TPSA) is 75.4 Å². The second-order valence-corrected chi connectivity index (χ2v) is 4.00. The molecule has 0 aliphatic rings. The molecule has 5 nitrogen and oxygen atoms in total. The molecular weight excluding hydrogens is 230 g/mol. The number of anilines is 1. The molecule has 3 amide bonds.